The SMILES string of the molecule is O=C(CNCc1cccc(F)c1Cl)NCCOC(=O)Nc1cc2c(CO)cccc2cn1. The number of aliphatic hydroxyl groups excluding tert-OH is 1. The predicted octanol–water partition coefficient (Wildman–Crippen LogP) is 2.97. The summed E-state index contributed by atoms with van der Waals surface area (Å²) in [7, 11) is 0. The molecule has 8 nitrogen and oxygen atoms in total. The van der Waals surface area contributed by atoms with Crippen molar-refractivity contribution >= 4 is 40.2 Å². The van der Waals surface area contributed by atoms with E-state index in [9.17, 15) is 19.1 Å². The Labute approximate surface area is 188 Å². The molecule has 3 aromatic rings. The number of halogens is 2. The Balaban J connectivity index is 1.36. The van der Waals surface area contributed by atoms with Crippen molar-refractivity contribution in [1.29, 1.82) is 0 Å². The molecule has 3 rings (SSSR count). The number of fused-ring (bicyclic) bond motifs is 1. The van der Waals surface area contributed by atoms with Gasteiger partial charge in [-0.25, -0.2) is 14.2 Å². The molecule has 0 saturated heterocycles. The summed E-state index contributed by atoms with van der Waals surface area (Å²) in [4.78, 5) is 27.9. The number of aromatic nitrogens is 1. The zero-order chi connectivity index (χ0) is 22.9. The van der Waals surface area contributed by atoms with Crippen LogP contribution in [-0.2, 0) is 22.7 Å². The zero-order valence-corrected chi connectivity index (χ0v) is 17.8. The molecule has 1 heterocycles. The molecular formula is C22H22ClFN4O4. The molecule has 1 aromatic heterocycles. The van der Waals surface area contributed by atoms with Gasteiger partial charge in [-0.05, 0) is 28.6 Å². The van der Waals surface area contributed by atoms with Crippen molar-refractivity contribution < 1.29 is 23.8 Å². The average Bonchev–Trinajstić information content (AvgIpc) is 2.79. The van der Waals surface area contributed by atoms with Crippen LogP contribution < -0.4 is 16.0 Å². The number of amides is 2. The molecule has 0 unspecified atom stereocenters. The van der Waals surface area contributed by atoms with Gasteiger partial charge < -0.3 is 20.5 Å². The molecule has 0 saturated carbocycles. The molecule has 10 heteroatoms. The van der Waals surface area contributed by atoms with Gasteiger partial charge in [-0.15, -0.1) is 0 Å². The number of hydrogen-bond acceptors (Lipinski definition) is 6. The van der Waals surface area contributed by atoms with Crippen molar-refractivity contribution in [3.05, 3.63) is 70.6 Å². The number of carbonyl (C=O) groups excluding carboxylic acids is 2. The van der Waals surface area contributed by atoms with Crippen LogP contribution in [0.3, 0.4) is 0 Å². The first kappa shape index (κ1) is 23.4. The molecule has 32 heavy (non-hydrogen) atoms. The number of carbonyl (C=O) groups is 2. The van der Waals surface area contributed by atoms with Crippen LogP contribution in [0.4, 0.5) is 15.0 Å². The maximum atomic E-state index is 13.4. The van der Waals surface area contributed by atoms with Gasteiger partial charge >= 0.3 is 6.09 Å². The van der Waals surface area contributed by atoms with Gasteiger partial charge in [-0.1, -0.05) is 41.9 Å². The van der Waals surface area contributed by atoms with Gasteiger partial charge in [-0.3, -0.25) is 10.1 Å². The second-order valence-electron chi connectivity index (χ2n) is 6.79. The maximum absolute atomic E-state index is 13.4. The third-order valence-electron chi connectivity index (χ3n) is 4.54. The lowest BCUT2D eigenvalue weighted by Gasteiger charge is -2.10. The Morgan fingerprint density at radius 1 is 1.16 bits per heavy atom. The Morgan fingerprint density at radius 2 is 1.94 bits per heavy atom. The Bertz CT molecular complexity index is 1110. The minimum atomic E-state index is -0.716. The molecular weight excluding hydrogens is 439 g/mol. The fraction of sp³-hybridized carbons (Fsp3) is 0.227. The van der Waals surface area contributed by atoms with E-state index in [-0.39, 0.29) is 49.6 Å². The lowest BCUT2D eigenvalue weighted by molar-refractivity contribution is -0.120. The summed E-state index contributed by atoms with van der Waals surface area (Å²) >= 11 is 5.86. The standard InChI is InChI=1S/C22H22ClFN4O4/c23-21-15(4-2-6-18(21)24)10-25-12-20(30)26-7-8-32-22(31)28-19-9-17-14(11-27-19)3-1-5-16(17)13-29/h1-6,9,11,25,29H,7-8,10,12-13H2,(H,26,30)(H,27,28,31). The fourth-order valence-corrected chi connectivity index (χ4v) is 3.17. The second kappa shape index (κ2) is 11.4. The number of benzene rings is 2. The third kappa shape index (κ3) is 6.36. The maximum Gasteiger partial charge on any atom is 0.412 e. The topological polar surface area (TPSA) is 113 Å². The lowest BCUT2D eigenvalue weighted by atomic mass is 10.1. The summed E-state index contributed by atoms with van der Waals surface area (Å²) in [5, 5.41) is 19.1. The van der Waals surface area contributed by atoms with Crippen LogP contribution in [0.15, 0.2) is 48.7 Å². The summed E-state index contributed by atoms with van der Waals surface area (Å²) in [5.74, 6) is -0.541. The Hall–Kier alpha value is -3.27. The first-order valence-corrected chi connectivity index (χ1v) is 10.2. The van der Waals surface area contributed by atoms with Crippen molar-refractivity contribution in [1.82, 2.24) is 15.6 Å². The molecule has 0 aliphatic rings. The Morgan fingerprint density at radius 3 is 2.75 bits per heavy atom. The van der Waals surface area contributed by atoms with Crippen LogP contribution in [0.5, 0.6) is 0 Å². The van der Waals surface area contributed by atoms with E-state index in [2.05, 4.69) is 20.9 Å². The van der Waals surface area contributed by atoms with E-state index in [1.807, 2.05) is 12.1 Å². The number of rotatable bonds is 9. The second-order valence-corrected chi connectivity index (χ2v) is 7.17. The minimum absolute atomic E-state index is 0.00671. The van der Waals surface area contributed by atoms with Crippen molar-refractivity contribution in [3.63, 3.8) is 0 Å². The van der Waals surface area contributed by atoms with E-state index in [0.29, 0.717) is 5.56 Å². The van der Waals surface area contributed by atoms with Crippen LogP contribution in [0, 0.1) is 5.82 Å². The van der Waals surface area contributed by atoms with E-state index >= 15 is 0 Å². The highest BCUT2D eigenvalue weighted by atomic mass is 35.5. The van der Waals surface area contributed by atoms with E-state index < -0.39 is 11.9 Å². The molecule has 0 fully saturated rings. The number of anilines is 1. The molecule has 0 atom stereocenters. The summed E-state index contributed by atoms with van der Waals surface area (Å²) in [5.41, 5.74) is 1.27. The van der Waals surface area contributed by atoms with E-state index in [1.54, 1.807) is 30.5 Å². The van der Waals surface area contributed by atoms with E-state index in [1.165, 1.54) is 6.07 Å². The quantitative estimate of drug-likeness (QED) is 0.365. The average molecular weight is 461 g/mol. The number of pyridine rings is 1. The van der Waals surface area contributed by atoms with Crippen LogP contribution in [0.2, 0.25) is 5.02 Å². The molecule has 0 spiro atoms. The summed E-state index contributed by atoms with van der Waals surface area (Å²) in [6.07, 6.45) is 0.875. The number of nitrogens with one attached hydrogen (secondary N) is 3. The minimum Gasteiger partial charge on any atom is -0.447 e. The number of nitrogens with zero attached hydrogens (tertiary/aromatic N) is 1. The molecule has 4 N–H and O–H groups in total. The normalized spacial score (nSPS) is 10.7. The van der Waals surface area contributed by atoms with Crippen molar-refractivity contribution in [2.75, 3.05) is 25.0 Å². The molecule has 2 amide bonds. The van der Waals surface area contributed by atoms with Crippen LogP contribution in [0.25, 0.3) is 10.8 Å². The molecule has 2 aromatic carbocycles. The largest absolute Gasteiger partial charge is 0.447 e. The fourth-order valence-electron chi connectivity index (χ4n) is 2.97. The smallest absolute Gasteiger partial charge is 0.412 e. The van der Waals surface area contributed by atoms with Gasteiger partial charge in [0.05, 0.1) is 24.7 Å². The molecule has 0 aliphatic carbocycles. The number of aliphatic hydroxyl groups is 1. The highest BCUT2D eigenvalue weighted by Crippen LogP contribution is 2.21. The lowest BCUT2D eigenvalue weighted by Crippen LogP contribution is -2.36. The first-order chi connectivity index (χ1) is 15.5. The Kier molecular flexibility index (Phi) is 8.32. The molecule has 0 radical (unpaired) electrons. The molecule has 0 bridgehead atoms. The summed E-state index contributed by atoms with van der Waals surface area (Å²) in [6.45, 7) is 0.180. The number of ether oxygens (including phenoxy) is 1. The van der Waals surface area contributed by atoms with Crippen LogP contribution in [0.1, 0.15) is 11.1 Å². The van der Waals surface area contributed by atoms with Gasteiger partial charge in [0.2, 0.25) is 5.91 Å². The van der Waals surface area contributed by atoms with Gasteiger partial charge in [0.25, 0.3) is 0 Å². The first-order valence-electron chi connectivity index (χ1n) is 9.80. The van der Waals surface area contributed by atoms with E-state index in [0.717, 1.165) is 16.3 Å². The van der Waals surface area contributed by atoms with Gasteiger partial charge in [0.15, 0.2) is 0 Å². The van der Waals surface area contributed by atoms with Gasteiger partial charge in [0.1, 0.15) is 18.2 Å². The highest BCUT2D eigenvalue weighted by molar-refractivity contribution is 6.31. The van der Waals surface area contributed by atoms with Crippen LogP contribution in [-0.4, -0.2) is 41.8 Å². The van der Waals surface area contributed by atoms with Gasteiger partial charge in [-0.2, -0.15) is 0 Å². The summed E-state index contributed by atoms with van der Waals surface area (Å²) in [6, 6.07) is 11.6. The molecule has 168 valence electrons. The highest BCUT2D eigenvalue weighted by Gasteiger charge is 2.09. The zero-order valence-electron chi connectivity index (χ0n) is 17.0. The number of hydrogen-bond donors (Lipinski definition) is 4. The van der Waals surface area contributed by atoms with Crippen molar-refractivity contribution in [2.24, 2.45) is 0 Å². The third-order valence-corrected chi connectivity index (χ3v) is 4.97. The van der Waals surface area contributed by atoms with Crippen molar-refractivity contribution in [2.45, 2.75) is 13.2 Å². The molecule has 0 aliphatic heterocycles. The van der Waals surface area contributed by atoms with E-state index in [4.69, 9.17) is 16.3 Å². The predicted molar refractivity (Wildman–Crippen MR) is 119 cm³/mol. The summed E-state index contributed by atoms with van der Waals surface area (Å²) < 4.78 is 18.4. The van der Waals surface area contributed by atoms with Crippen molar-refractivity contribution in [3.8, 4) is 0 Å². The van der Waals surface area contributed by atoms with Gasteiger partial charge in [0, 0.05) is 18.1 Å². The monoisotopic (exact) mass is 460 g/mol. The van der Waals surface area contributed by atoms with Crippen LogP contribution >= 0.6 is 11.6 Å².